The van der Waals surface area contributed by atoms with Crippen molar-refractivity contribution in [2.24, 2.45) is 0 Å². The van der Waals surface area contributed by atoms with Gasteiger partial charge in [-0.3, -0.25) is 9.89 Å². The minimum absolute atomic E-state index is 0.111. The third kappa shape index (κ3) is 1.94. The Balaban J connectivity index is 2.41. The number of aryl methyl sites for hydroxylation is 1. The fourth-order valence-electron chi connectivity index (χ4n) is 1.79. The molecule has 0 aromatic carbocycles. The third-order valence-electron chi connectivity index (χ3n) is 2.61. The summed E-state index contributed by atoms with van der Waals surface area (Å²) in [6.45, 7) is 1.44. The number of hydrogen-bond donors (Lipinski definition) is 1. The largest absolute Gasteiger partial charge is 0.293 e. The SMILES string of the molecule is CC(=O)c1n[nH]c2c1CCS(=O)(=O)CC2. The smallest absolute Gasteiger partial charge is 0.180 e. The molecule has 0 unspecified atom stereocenters. The lowest BCUT2D eigenvalue weighted by atomic mass is 10.1. The van der Waals surface area contributed by atoms with Crippen molar-refractivity contribution in [1.82, 2.24) is 10.2 Å². The van der Waals surface area contributed by atoms with Crippen LogP contribution in [0.4, 0.5) is 0 Å². The fraction of sp³-hybridized carbons (Fsp3) is 0.556. The molecule has 1 aliphatic rings. The van der Waals surface area contributed by atoms with Gasteiger partial charge in [0.05, 0.1) is 11.5 Å². The van der Waals surface area contributed by atoms with E-state index < -0.39 is 9.84 Å². The average molecular weight is 228 g/mol. The summed E-state index contributed by atoms with van der Waals surface area (Å²) in [4.78, 5) is 11.2. The first kappa shape index (κ1) is 10.4. The van der Waals surface area contributed by atoms with Crippen molar-refractivity contribution in [3.8, 4) is 0 Å². The number of fused-ring (bicyclic) bond motifs is 1. The number of rotatable bonds is 1. The summed E-state index contributed by atoms with van der Waals surface area (Å²) < 4.78 is 22.8. The average Bonchev–Trinajstić information content (AvgIpc) is 2.49. The molecule has 1 aromatic rings. The number of nitrogens with zero attached hydrogens (tertiary/aromatic N) is 1. The number of H-pyrrole nitrogens is 1. The highest BCUT2D eigenvalue weighted by atomic mass is 32.2. The van der Waals surface area contributed by atoms with Gasteiger partial charge in [-0.2, -0.15) is 5.10 Å². The van der Waals surface area contributed by atoms with Crippen molar-refractivity contribution in [3.05, 3.63) is 17.0 Å². The first-order valence-corrected chi connectivity index (χ1v) is 6.59. The number of nitrogens with one attached hydrogen (secondary N) is 1. The first-order valence-electron chi connectivity index (χ1n) is 4.77. The van der Waals surface area contributed by atoms with Gasteiger partial charge >= 0.3 is 0 Å². The van der Waals surface area contributed by atoms with E-state index in [1.807, 2.05) is 0 Å². The zero-order valence-corrected chi connectivity index (χ0v) is 9.23. The minimum atomic E-state index is -2.96. The highest BCUT2D eigenvalue weighted by molar-refractivity contribution is 7.91. The van der Waals surface area contributed by atoms with E-state index in [4.69, 9.17) is 0 Å². The topological polar surface area (TPSA) is 79.9 Å². The lowest BCUT2D eigenvalue weighted by molar-refractivity contribution is 0.101. The van der Waals surface area contributed by atoms with Crippen LogP contribution in [0.25, 0.3) is 0 Å². The quantitative estimate of drug-likeness (QED) is 0.693. The van der Waals surface area contributed by atoms with E-state index in [2.05, 4.69) is 10.2 Å². The summed E-state index contributed by atoms with van der Waals surface area (Å²) in [6.07, 6.45) is 0.820. The molecule has 1 aliphatic heterocycles. The maximum Gasteiger partial charge on any atom is 0.180 e. The normalized spacial score (nSPS) is 19.3. The molecule has 0 amide bonds. The number of aromatic amines is 1. The number of carbonyl (C=O) groups is 1. The maximum absolute atomic E-state index is 11.4. The molecule has 1 N–H and O–H groups in total. The number of sulfone groups is 1. The summed E-state index contributed by atoms with van der Waals surface area (Å²) in [5.74, 6) is 0.131. The lowest BCUT2D eigenvalue weighted by Gasteiger charge is -1.97. The zero-order chi connectivity index (χ0) is 11.1. The van der Waals surface area contributed by atoms with Crippen LogP contribution in [0.3, 0.4) is 0 Å². The summed E-state index contributed by atoms with van der Waals surface area (Å²) in [5.41, 5.74) is 1.96. The van der Waals surface area contributed by atoms with E-state index >= 15 is 0 Å². The second kappa shape index (κ2) is 3.44. The van der Waals surface area contributed by atoms with Crippen molar-refractivity contribution in [2.75, 3.05) is 11.5 Å². The van der Waals surface area contributed by atoms with Gasteiger partial charge < -0.3 is 0 Å². The predicted octanol–water partition coefficient (Wildman–Crippen LogP) is 0.126. The maximum atomic E-state index is 11.4. The van der Waals surface area contributed by atoms with Gasteiger partial charge in [0, 0.05) is 24.6 Å². The van der Waals surface area contributed by atoms with Crippen LogP contribution in [0.15, 0.2) is 0 Å². The van der Waals surface area contributed by atoms with Gasteiger partial charge in [-0.1, -0.05) is 0 Å². The standard InChI is InChI=1S/C9H12N2O3S/c1-6(12)9-7-2-4-15(13,14)5-3-8(7)10-11-9/h2-5H2,1H3,(H,10,11). The van der Waals surface area contributed by atoms with Crippen molar-refractivity contribution in [1.29, 1.82) is 0 Å². The molecule has 0 saturated carbocycles. The van der Waals surface area contributed by atoms with E-state index in [1.165, 1.54) is 6.92 Å². The second-order valence-electron chi connectivity index (χ2n) is 3.74. The van der Waals surface area contributed by atoms with Crippen LogP contribution in [0.2, 0.25) is 0 Å². The molecule has 0 atom stereocenters. The Hall–Kier alpha value is -1.17. The van der Waals surface area contributed by atoms with E-state index in [1.54, 1.807) is 0 Å². The van der Waals surface area contributed by atoms with Crippen LogP contribution in [0.1, 0.15) is 28.7 Å². The van der Waals surface area contributed by atoms with E-state index in [9.17, 15) is 13.2 Å². The number of ketones is 1. The fourth-order valence-corrected chi connectivity index (χ4v) is 3.02. The van der Waals surface area contributed by atoms with Gasteiger partial charge in [-0.25, -0.2) is 8.42 Å². The molecule has 0 radical (unpaired) electrons. The van der Waals surface area contributed by atoms with E-state index in [-0.39, 0.29) is 17.3 Å². The van der Waals surface area contributed by atoms with Crippen molar-refractivity contribution in [3.63, 3.8) is 0 Å². The Morgan fingerprint density at radius 2 is 2.00 bits per heavy atom. The molecule has 0 saturated heterocycles. The van der Waals surface area contributed by atoms with Crippen LogP contribution in [-0.2, 0) is 22.7 Å². The van der Waals surface area contributed by atoms with Gasteiger partial charge in [0.25, 0.3) is 0 Å². The highest BCUT2D eigenvalue weighted by Crippen LogP contribution is 2.18. The van der Waals surface area contributed by atoms with Gasteiger partial charge in [-0.15, -0.1) is 0 Å². The zero-order valence-electron chi connectivity index (χ0n) is 8.41. The van der Waals surface area contributed by atoms with Gasteiger partial charge in [0.1, 0.15) is 5.69 Å². The first-order chi connectivity index (χ1) is 6.99. The highest BCUT2D eigenvalue weighted by Gasteiger charge is 2.24. The number of Topliss-reactive ketones (excluding diaryl/α,β-unsaturated/α-hetero) is 1. The lowest BCUT2D eigenvalue weighted by Crippen LogP contribution is -2.11. The van der Waals surface area contributed by atoms with Gasteiger partial charge in [0.15, 0.2) is 15.6 Å². The molecule has 6 heteroatoms. The Morgan fingerprint density at radius 3 is 2.67 bits per heavy atom. The Labute approximate surface area is 87.8 Å². The summed E-state index contributed by atoms with van der Waals surface area (Å²) in [6, 6.07) is 0. The molecule has 2 heterocycles. The van der Waals surface area contributed by atoms with Crippen molar-refractivity contribution >= 4 is 15.6 Å². The van der Waals surface area contributed by atoms with Crippen LogP contribution >= 0.6 is 0 Å². The van der Waals surface area contributed by atoms with Crippen LogP contribution in [-0.4, -0.2) is 35.9 Å². The van der Waals surface area contributed by atoms with Crippen molar-refractivity contribution < 1.29 is 13.2 Å². The molecular weight excluding hydrogens is 216 g/mol. The Bertz CT molecular complexity index is 501. The molecule has 82 valence electrons. The molecule has 5 nitrogen and oxygen atoms in total. The third-order valence-corrected chi connectivity index (χ3v) is 4.26. The summed E-state index contributed by atoms with van der Waals surface area (Å²) in [7, 11) is -2.96. The Morgan fingerprint density at radius 1 is 1.33 bits per heavy atom. The molecule has 0 spiro atoms. The monoisotopic (exact) mass is 228 g/mol. The summed E-state index contributed by atoms with van der Waals surface area (Å²) in [5, 5.41) is 6.67. The second-order valence-corrected chi connectivity index (χ2v) is 6.04. The molecule has 0 fully saturated rings. The molecule has 15 heavy (non-hydrogen) atoms. The Kier molecular flexibility index (Phi) is 2.38. The van der Waals surface area contributed by atoms with Crippen LogP contribution in [0.5, 0.6) is 0 Å². The number of aromatic nitrogens is 2. The molecule has 1 aromatic heterocycles. The number of carbonyl (C=O) groups excluding carboxylic acids is 1. The van der Waals surface area contributed by atoms with Crippen LogP contribution < -0.4 is 0 Å². The molecular formula is C9H12N2O3S. The predicted molar refractivity (Wildman–Crippen MR) is 54.7 cm³/mol. The summed E-state index contributed by atoms with van der Waals surface area (Å²) >= 11 is 0. The molecule has 0 aliphatic carbocycles. The van der Waals surface area contributed by atoms with Gasteiger partial charge in [-0.05, 0) is 6.42 Å². The molecule has 0 bridgehead atoms. The van der Waals surface area contributed by atoms with E-state index in [0.29, 0.717) is 18.5 Å². The van der Waals surface area contributed by atoms with Gasteiger partial charge in [0.2, 0.25) is 0 Å². The van der Waals surface area contributed by atoms with Crippen molar-refractivity contribution in [2.45, 2.75) is 19.8 Å². The van der Waals surface area contributed by atoms with E-state index in [0.717, 1.165) is 11.3 Å². The number of hydrogen-bond acceptors (Lipinski definition) is 4. The molecule has 2 rings (SSSR count). The van der Waals surface area contributed by atoms with Crippen LogP contribution in [0, 0.1) is 0 Å². The minimum Gasteiger partial charge on any atom is -0.293 e.